The highest BCUT2D eigenvalue weighted by atomic mass is 16.3. The Balaban J connectivity index is 1.47. The van der Waals surface area contributed by atoms with E-state index in [-0.39, 0.29) is 0 Å². The Labute approximate surface area is 149 Å². The molecule has 134 valence electrons. The molecule has 2 heteroatoms. The lowest BCUT2D eigenvalue weighted by atomic mass is 9.46. The molecule has 5 aliphatic carbocycles. The molecule has 0 aliphatic heterocycles. The zero-order valence-corrected chi connectivity index (χ0v) is 15.7. The molecule has 0 saturated heterocycles. The Kier molecular flexibility index (Phi) is 4.27. The van der Waals surface area contributed by atoms with Crippen molar-refractivity contribution in [1.29, 1.82) is 0 Å². The highest BCUT2D eigenvalue weighted by molar-refractivity contribution is 6.08. The number of hydrogen-bond acceptors (Lipinski definition) is 1. The molecule has 10 unspecified atom stereocenters. The molecular weight excluding hydrogens is 291 g/mol. The number of fused-ring (bicyclic) bond motifs is 8. The monoisotopic (exact) mass is 328 g/mol. The van der Waals surface area contributed by atoms with E-state index >= 15 is 0 Å². The first-order valence-corrected chi connectivity index (χ1v) is 11.4. The topological polar surface area (TPSA) is 20.2 Å². The third-order valence-corrected chi connectivity index (χ3v) is 9.67. The molecule has 1 nitrogen and oxygen atoms in total. The average Bonchev–Trinajstić information content (AvgIpc) is 2.77. The van der Waals surface area contributed by atoms with Gasteiger partial charge in [0.05, 0.1) is 0 Å². The Bertz CT molecular complexity index is 465. The summed E-state index contributed by atoms with van der Waals surface area (Å²) in [6.45, 7) is 0.424. The largest absolute Gasteiger partial charge is 0.396 e. The molecule has 5 aliphatic rings. The van der Waals surface area contributed by atoms with Gasteiger partial charge in [0.2, 0.25) is 0 Å². The first kappa shape index (κ1) is 16.2. The summed E-state index contributed by atoms with van der Waals surface area (Å²) in [5, 5.41) is 9.58. The minimum Gasteiger partial charge on any atom is -0.396 e. The summed E-state index contributed by atoms with van der Waals surface area (Å²) in [5.41, 5.74) is 0. The van der Waals surface area contributed by atoms with Crippen LogP contribution in [0.2, 0.25) is 6.32 Å². The van der Waals surface area contributed by atoms with E-state index < -0.39 is 0 Å². The van der Waals surface area contributed by atoms with E-state index in [1.807, 2.05) is 0 Å². The van der Waals surface area contributed by atoms with Gasteiger partial charge in [0.25, 0.3) is 0 Å². The van der Waals surface area contributed by atoms with Crippen molar-refractivity contribution in [3.8, 4) is 0 Å². The Morgan fingerprint density at radius 1 is 0.708 bits per heavy atom. The lowest BCUT2D eigenvalue weighted by Crippen LogP contribution is -2.52. The van der Waals surface area contributed by atoms with E-state index in [9.17, 15) is 5.11 Å². The highest BCUT2D eigenvalue weighted by Crippen LogP contribution is 2.68. The van der Waals surface area contributed by atoms with Crippen molar-refractivity contribution in [2.75, 3.05) is 6.61 Å². The fraction of sp³-hybridized carbons (Fsp3) is 1.00. The second-order valence-corrected chi connectivity index (χ2v) is 10.5. The van der Waals surface area contributed by atoms with E-state index in [1.165, 1.54) is 38.4 Å². The molecule has 0 spiro atoms. The van der Waals surface area contributed by atoms with E-state index in [2.05, 4.69) is 7.85 Å². The van der Waals surface area contributed by atoms with Gasteiger partial charge in [-0.25, -0.2) is 0 Å². The summed E-state index contributed by atoms with van der Waals surface area (Å²) >= 11 is 0. The van der Waals surface area contributed by atoms with Crippen LogP contribution < -0.4 is 0 Å². The van der Waals surface area contributed by atoms with Crippen molar-refractivity contribution >= 4 is 7.85 Å². The molecule has 0 aromatic rings. The zero-order valence-electron chi connectivity index (χ0n) is 15.7. The van der Waals surface area contributed by atoms with Gasteiger partial charge in [-0.05, 0) is 117 Å². The second-order valence-electron chi connectivity index (χ2n) is 10.5. The lowest BCUT2D eigenvalue weighted by molar-refractivity contribution is -0.0996. The summed E-state index contributed by atoms with van der Waals surface area (Å²) in [5.74, 6) is 10.6. The molecule has 1 N–H and O–H groups in total. The average molecular weight is 328 g/mol. The van der Waals surface area contributed by atoms with Gasteiger partial charge in [0, 0.05) is 6.61 Å². The summed E-state index contributed by atoms with van der Waals surface area (Å²) in [6, 6.07) is 0. The predicted molar refractivity (Wildman–Crippen MR) is 102 cm³/mol. The van der Waals surface area contributed by atoms with Crippen LogP contribution in [-0.4, -0.2) is 19.6 Å². The van der Waals surface area contributed by atoms with Crippen LogP contribution in [0.15, 0.2) is 0 Å². The molecule has 24 heavy (non-hydrogen) atoms. The van der Waals surface area contributed by atoms with Crippen molar-refractivity contribution in [3.05, 3.63) is 0 Å². The summed E-state index contributed by atoms with van der Waals surface area (Å²) in [4.78, 5) is 0. The van der Waals surface area contributed by atoms with Gasteiger partial charge in [-0.1, -0.05) is 12.7 Å². The lowest BCUT2D eigenvalue weighted by Gasteiger charge is -2.59. The quantitative estimate of drug-likeness (QED) is 0.768. The molecule has 0 amide bonds. The number of hydrogen-bond donors (Lipinski definition) is 1. The molecule has 10 atom stereocenters. The van der Waals surface area contributed by atoms with Gasteiger partial charge < -0.3 is 5.11 Å². The van der Waals surface area contributed by atoms with Crippen LogP contribution in [0.5, 0.6) is 0 Å². The Morgan fingerprint density at radius 2 is 1.33 bits per heavy atom. The van der Waals surface area contributed by atoms with Gasteiger partial charge in [-0.3, -0.25) is 0 Å². The maximum atomic E-state index is 9.58. The highest BCUT2D eigenvalue weighted by Gasteiger charge is 2.60. The van der Waals surface area contributed by atoms with Crippen LogP contribution in [0.1, 0.15) is 64.2 Å². The zero-order chi connectivity index (χ0) is 16.3. The van der Waals surface area contributed by atoms with Crippen LogP contribution in [0.3, 0.4) is 0 Å². The Morgan fingerprint density at radius 3 is 1.96 bits per heavy atom. The van der Waals surface area contributed by atoms with Crippen LogP contribution in [0.4, 0.5) is 0 Å². The first-order chi connectivity index (χ1) is 11.8. The fourth-order valence-electron chi connectivity index (χ4n) is 8.90. The number of rotatable bonds is 4. The summed E-state index contributed by atoms with van der Waals surface area (Å²) in [7, 11) is 2.41. The van der Waals surface area contributed by atoms with E-state index in [0.717, 1.165) is 65.6 Å². The minimum atomic E-state index is 0.424. The van der Waals surface area contributed by atoms with E-state index in [1.54, 1.807) is 25.7 Å². The van der Waals surface area contributed by atoms with Crippen molar-refractivity contribution < 1.29 is 5.11 Å². The van der Waals surface area contributed by atoms with Crippen molar-refractivity contribution in [3.63, 3.8) is 0 Å². The first-order valence-electron chi connectivity index (χ1n) is 11.4. The normalized spacial score (nSPS) is 55.2. The van der Waals surface area contributed by atoms with Crippen molar-refractivity contribution in [1.82, 2.24) is 0 Å². The molecule has 5 rings (SSSR count). The molecule has 0 aromatic carbocycles. The number of aliphatic hydroxyl groups excluding tert-OH is 1. The molecule has 6 bridgehead atoms. The van der Waals surface area contributed by atoms with Crippen LogP contribution >= 0.6 is 0 Å². The third kappa shape index (κ3) is 2.45. The predicted octanol–water partition coefficient (Wildman–Crippen LogP) is 4.16. The van der Waals surface area contributed by atoms with Crippen LogP contribution in [-0.2, 0) is 0 Å². The molecule has 5 saturated carbocycles. The van der Waals surface area contributed by atoms with Crippen molar-refractivity contribution in [2.24, 2.45) is 59.2 Å². The van der Waals surface area contributed by atoms with Gasteiger partial charge in [-0.2, -0.15) is 0 Å². The molecular formula is C22H37BO. The minimum absolute atomic E-state index is 0.424. The molecule has 0 aromatic heterocycles. The van der Waals surface area contributed by atoms with Gasteiger partial charge in [0.1, 0.15) is 7.85 Å². The summed E-state index contributed by atoms with van der Waals surface area (Å²) < 4.78 is 0. The molecule has 0 radical (unpaired) electrons. The number of aliphatic hydroxyl groups is 1. The van der Waals surface area contributed by atoms with Crippen LogP contribution in [0.25, 0.3) is 0 Å². The standard InChI is InChI=1S/C22H37BO/c23-5-3-16-9-17-11-20-19-10-18(12-21(19)22(16)20)15-2-1-14(17)7-13(8-15)4-6-24/h13-22,24H,1-12,23H2. The van der Waals surface area contributed by atoms with Gasteiger partial charge in [0.15, 0.2) is 0 Å². The van der Waals surface area contributed by atoms with E-state index in [4.69, 9.17) is 0 Å². The molecule has 0 heterocycles. The second kappa shape index (κ2) is 6.32. The maximum absolute atomic E-state index is 9.58. The SMILES string of the molecule is BCCC1CC2CC3C4CC(CC4C13)C1CCC2CC(CCO)C1. The van der Waals surface area contributed by atoms with Crippen LogP contribution in [0, 0.1) is 59.2 Å². The van der Waals surface area contributed by atoms with E-state index in [0.29, 0.717) is 6.61 Å². The van der Waals surface area contributed by atoms with Gasteiger partial charge >= 0.3 is 0 Å². The van der Waals surface area contributed by atoms with Gasteiger partial charge in [-0.15, -0.1) is 0 Å². The summed E-state index contributed by atoms with van der Waals surface area (Å²) in [6.07, 6.45) is 16.3. The molecule has 5 fully saturated rings. The Hall–Kier alpha value is 0.0249. The maximum Gasteiger partial charge on any atom is 0.101 e. The fourth-order valence-corrected chi connectivity index (χ4v) is 8.90. The smallest absolute Gasteiger partial charge is 0.101 e. The van der Waals surface area contributed by atoms with Crippen molar-refractivity contribution in [2.45, 2.75) is 70.5 Å². The third-order valence-electron chi connectivity index (χ3n) is 9.67.